The fraction of sp³-hybridized carbons (Fsp3) is 0.562. The highest BCUT2D eigenvalue weighted by Crippen LogP contribution is 2.30. The third kappa shape index (κ3) is 4.44. The summed E-state index contributed by atoms with van der Waals surface area (Å²) in [5.41, 5.74) is 0.739. The Balaban J connectivity index is 2.74. The van der Waals surface area contributed by atoms with Crippen LogP contribution >= 0.6 is 0 Å². The van der Waals surface area contributed by atoms with Crippen molar-refractivity contribution in [3.8, 4) is 11.5 Å². The number of unbranched alkanes of at least 4 members (excludes halogenated alkanes) is 1. The quantitative estimate of drug-likeness (QED) is 0.786. The van der Waals surface area contributed by atoms with Gasteiger partial charge in [-0.3, -0.25) is 4.79 Å². The van der Waals surface area contributed by atoms with Crippen LogP contribution in [0, 0.1) is 5.92 Å². The number of anilines is 1. The number of rotatable bonds is 8. The highest BCUT2D eigenvalue weighted by atomic mass is 16.5. The number of nitrogens with one attached hydrogen (secondary N) is 1. The summed E-state index contributed by atoms with van der Waals surface area (Å²) in [4.78, 5) is 12.2. The van der Waals surface area contributed by atoms with E-state index in [0.717, 1.165) is 31.4 Å². The molecule has 4 nitrogen and oxygen atoms in total. The molecule has 1 aromatic carbocycles. The van der Waals surface area contributed by atoms with E-state index in [-0.39, 0.29) is 11.8 Å². The van der Waals surface area contributed by atoms with Crippen molar-refractivity contribution in [2.75, 3.05) is 19.5 Å². The molecule has 0 aliphatic rings. The summed E-state index contributed by atoms with van der Waals surface area (Å²) in [6.07, 6.45) is 3.99. The van der Waals surface area contributed by atoms with Crippen molar-refractivity contribution >= 4 is 11.6 Å². The second kappa shape index (κ2) is 8.46. The van der Waals surface area contributed by atoms with Gasteiger partial charge in [-0.15, -0.1) is 0 Å². The first-order valence-corrected chi connectivity index (χ1v) is 7.19. The Morgan fingerprint density at radius 1 is 1.20 bits per heavy atom. The predicted molar refractivity (Wildman–Crippen MR) is 81.5 cm³/mol. The predicted octanol–water partition coefficient (Wildman–Crippen LogP) is 3.86. The lowest BCUT2D eigenvalue weighted by Crippen LogP contribution is -2.22. The van der Waals surface area contributed by atoms with Crippen molar-refractivity contribution in [1.82, 2.24) is 0 Å². The molecule has 0 saturated heterocycles. The highest BCUT2D eigenvalue weighted by Gasteiger charge is 2.16. The maximum atomic E-state index is 12.2. The standard InChI is InChI=1S/C16H25NO3/c1-5-7-8-12(6-2)16(18)17-13-9-10-14(19-3)15(11-13)20-4/h9-12H,5-8H2,1-4H3,(H,17,18). The van der Waals surface area contributed by atoms with Crippen molar-refractivity contribution in [3.05, 3.63) is 18.2 Å². The first-order chi connectivity index (χ1) is 9.65. The van der Waals surface area contributed by atoms with Gasteiger partial charge in [0.1, 0.15) is 0 Å². The van der Waals surface area contributed by atoms with Crippen LogP contribution < -0.4 is 14.8 Å². The van der Waals surface area contributed by atoms with E-state index in [4.69, 9.17) is 9.47 Å². The molecule has 20 heavy (non-hydrogen) atoms. The Labute approximate surface area is 121 Å². The third-order valence-corrected chi connectivity index (χ3v) is 3.42. The molecule has 112 valence electrons. The van der Waals surface area contributed by atoms with Gasteiger partial charge < -0.3 is 14.8 Å². The summed E-state index contributed by atoms with van der Waals surface area (Å²) < 4.78 is 10.4. The lowest BCUT2D eigenvalue weighted by molar-refractivity contribution is -0.120. The lowest BCUT2D eigenvalue weighted by atomic mass is 9.98. The monoisotopic (exact) mass is 279 g/mol. The molecule has 0 fully saturated rings. The van der Waals surface area contributed by atoms with Crippen LogP contribution in [0.5, 0.6) is 11.5 Å². The Kier molecular flexibility index (Phi) is 6.91. The Morgan fingerprint density at radius 3 is 2.45 bits per heavy atom. The van der Waals surface area contributed by atoms with E-state index in [1.165, 1.54) is 0 Å². The summed E-state index contributed by atoms with van der Waals surface area (Å²) in [5.74, 6) is 1.42. The number of carbonyl (C=O) groups is 1. The molecule has 0 heterocycles. The van der Waals surface area contributed by atoms with E-state index in [0.29, 0.717) is 11.5 Å². The van der Waals surface area contributed by atoms with Gasteiger partial charge >= 0.3 is 0 Å². The zero-order valence-corrected chi connectivity index (χ0v) is 12.9. The molecule has 1 N–H and O–H groups in total. The number of hydrogen-bond acceptors (Lipinski definition) is 3. The number of methoxy groups -OCH3 is 2. The van der Waals surface area contributed by atoms with Crippen LogP contribution in [-0.4, -0.2) is 20.1 Å². The van der Waals surface area contributed by atoms with E-state index in [9.17, 15) is 4.79 Å². The fourth-order valence-corrected chi connectivity index (χ4v) is 2.13. The fourth-order valence-electron chi connectivity index (χ4n) is 2.13. The Hall–Kier alpha value is -1.71. The summed E-state index contributed by atoms with van der Waals surface area (Å²) in [5, 5.41) is 2.95. The van der Waals surface area contributed by atoms with E-state index in [2.05, 4.69) is 19.2 Å². The number of amides is 1. The molecule has 0 aliphatic heterocycles. The van der Waals surface area contributed by atoms with Crippen molar-refractivity contribution < 1.29 is 14.3 Å². The number of hydrogen-bond donors (Lipinski definition) is 1. The summed E-state index contributed by atoms with van der Waals surface area (Å²) in [6.45, 7) is 4.19. The van der Waals surface area contributed by atoms with Crippen molar-refractivity contribution in [1.29, 1.82) is 0 Å². The molecular weight excluding hydrogens is 254 g/mol. The van der Waals surface area contributed by atoms with Crippen molar-refractivity contribution in [2.24, 2.45) is 5.92 Å². The second-order valence-corrected chi connectivity index (χ2v) is 4.81. The van der Waals surface area contributed by atoms with Crippen LogP contribution in [-0.2, 0) is 4.79 Å². The number of carbonyl (C=O) groups excluding carboxylic acids is 1. The minimum absolute atomic E-state index is 0.0723. The minimum Gasteiger partial charge on any atom is -0.493 e. The molecule has 1 unspecified atom stereocenters. The topological polar surface area (TPSA) is 47.6 Å². The SMILES string of the molecule is CCCCC(CC)C(=O)Nc1ccc(OC)c(OC)c1. The molecule has 1 aromatic rings. The van der Waals surface area contributed by atoms with Crippen LogP contribution in [0.25, 0.3) is 0 Å². The molecule has 0 bridgehead atoms. The Morgan fingerprint density at radius 2 is 1.90 bits per heavy atom. The maximum absolute atomic E-state index is 12.2. The molecular formula is C16H25NO3. The van der Waals surface area contributed by atoms with E-state index >= 15 is 0 Å². The van der Waals surface area contributed by atoms with Gasteiger partial charge in [0.25, 0.3) is 0 Å². The van der Waals surface area contributed by atoms with Crippen LogP contribution in [0.2, 0.25) is 0 Å². The first kappa shape index (κ1) is 16.3. The van der Waals surface area contributed by atoms with Gasteiger partial charge in [0.05, 0.1) is 14.2 Å². The largest absolute Gasteiger partial charge is 0.493 e. The van der Waals surface area contributed by atoms with Crippen LogP contribution in [0.4, 0.5) is 5.69 Å². The average Bonchev–Trinajstić information content (AvgIpc) is 2.47. The van der Waals surface area contributed by atoms with Gasteiger partial charge in [-0.1, -0.05) is 26.7 Å². The first-order valence-electron chi connectivity index (χ1n) is 7.19. The maximum Gasteiger partial charge on any atom is 0.227 e. The zero-order chi connectivity index (χ0) is 15.0. The number of benzene rings is 1. The molecule has 0 radical (unpaired) electrons. The van der Waals surface area contributed by atoms with Gasteiger partial charge in [0.2, 0.25) is 5.91 Å². The molecule has 0 saturated carbocycles. The normalized spacial score (nSPS) is 11.8. The smallest absolute Gasteiger partial charge is 0.227 e. The van der Waals surface area contributed by atoms with Gasteiger partial charge in [-0.25, -0.2) is 0 Å². The molecule has 1 rings (SSSR count). The summed E-state index contributed by atoms with van der Waals surface area (Å²) in [6, 6.07) is 5.40. The highest BCUT2D eigenvalue weighted by molar-refractivity contribution is 5.92. The molecule has 0 aromatic heterocycles. The molecule has 4 heteroatoms. The van der Waals surface area contributed by atoms with E-state index in [1.807, 2.05) is 6.07 Å². The molecule has 0 aliphatic carbocycles. The summed E-state index contributed by atoms with van der Waals surface area (Å²) >= 11 is 0. The second-order valence-electron chi connectivity index (χ2n) is 4.81. The zero-order valence-electron chi connectivity index (χ0n) is 12.9. The van der Waals surface area contributed by atoms with Gasteiger partial charge in [0, 0.05) is 17.7 Å². The van der Waals surface area contributed by atoms with Crippen LogP contribution in [0.1, 0.15) is 39.5 Å². The molecule has 1 amide bonds. The van der Waals surface area contributed by atoms with Gasteiger partial charge in [-0.05, 0) is 25.0 Å². The van der Waals surface area contributed by atoms with Crippen LogP contribution in [0.3, 0.4) is 0 Å². The summed E-state index contributed by atoms with van der Waals surface area (Å²) in [7, 11) is 3.17. The minimum atomic E-state index is 0.0723. The Bertz CT molecular complexity index is 432. The third-order valence-electron chi connectivity index (χ3n) is 3.42. The molecule has 1 atom stereocenters. The lowest BCUT2D eigenvalue weighted by Gasteiger charge is -2.15. The average molecular weight is 279 g/mol. The number of ether oxygens (including phenoxy) is 2. The van der Waals surface area contributed by atoms with E-state index in [1.54, 1.807) is 26.4 Å². The van der Waals surface area contributed by atoms with Gasteiger partial charge in [-0.2, -0.15) is 0 Å². The van der Waals surface area contributed by atoms with Crippen LogP contribution in [0.15, 0.2) is 18.2 Å². The van der Waals surface area contributed by atoms with E-state index < -0.39 is 0 Å². The van der Waals surface area contributed by atoms with Crippen molar-refractivity contribution in [2.45, 2.75) is 39.5 Å². The van der Waals surface area contributed by atoms with Gasteiger partial charge in [0.15, 0.2) is 11.5 Å². The van der Waals surface area contributed by atoms with Crippen molar-refractivity contribution in [3.63, 3.8) is 0 Å². The molecule has 0 spiro atoms.